The van der Waals surface area contributed by atoms with Crippen molar-refractivity contribution in [3.63, 3.8) is 0 Å². The Morgan fingerprint density at radius 1 is 1.05 bits per heavy atom. The number of aromatic nitrogens is 1. The van der Waals surface area contributed by atoms with Gasteiger partial charge >= 0.3 is 6.18 Å². The molecular weight excluding hydrogens is 281 g/mol. The molecule has 2 heterocycles. The highest BCUT2D eigenvalue weighted by molar-refractivity contribution is 5.93. The second kappa shape index (κ2) is 5.20. The van der Waals surface area contributed by atoms with Crippen LogP contribution in [-0.2, 0) is 10.9 Å². The van der Waals surface area contributed by atoms with Crippen LogP contribution < -0.4 is 0 Å². The highest BCUT2D eigenvalue weighted by Gasteiger charge is 2.31. The van der Waals surface area contributed by atoms with E-state index in [0.717, 1.165) is 17.8 Å². The highest BCUT2D eigenvalue weighted by Crippen LogP contribution is 2.29. The zero-order chi connectivity index (χ0) is 14.9. The number of aliphatic imine (C=N–C) groups is 1. The highest BCUT2D eigenvalue weighted by atomic mass is 19.4. The molecule has 0 saturated carbocycles. The first-order valence-corrected chi connectivity index (χ1v) is 6.33. The van der Waals surface area contributed by atoms with Crippen LogP contribution >= 0.6 is 0 Å². The van der Waals surface area contributed by atoms with Gasteiger partial charge in [0.1, 0.15) is 18.3 Å². The lowest BCUT2D eigenvalue weighted by molar-refractivity contribution is -0.137. The summed E-state index contributed by atoms with van der Waals surface area (Å²) in [6.45, 7) is 0.363. The van der Waals surface area contributed by atoms with E-state index in [1.807, 2.05) is 30.3 Å². The minimum atomic E-state index is -4.39. The number of hydrogen-bond donors (Lipinski definition) is 0. The fourth-order valence-electron chi connectivity index (χ4n) is 2.05. The van der Waals surface area contributed by atoms with Crippen molar-refractivity contribution >= 4 is 5.90 Å². The number of halogens is 3. The number of hydrogen-bond acceptors (Lipinski definition) is 3. The largest absolute Gasteiger partial charge is 0.474 e. The van der Waals surface area contributed by atoms with E-state index in [1.165, 1.54) is 6.07 Å². The predicted molar refractivity (Wildman–Crippen MR) is 70.9 cm³/mol. The van der Waals surface area contributed by atoms with Crippen molar-refractivity contribution in [3.8, 4) is 0 Å². The van der Waals surface area contributed by atoms with Gasteiger partial charge in [-0.05, 0) is 17.7 Å². The predicted octanol–water partition coefficient (Wildman–Crippen LogP) is 3.62. The van der Waals surface area contributed by atoms with Gasteiger partial charge in [-0.25, -0.2) is 4.99 Å². The number of rotatable bonds is 2. The summed E-state index contributed by atoms with van der Waals surface area (Å²) in [5, 5.41) is 0. The molecule has 0 aliphatic carbocycles. The van der Waals surface area contributed by atoms with Crippen molar-refractivity contribution in [2.24, 2.45) is 4.99 Å². The molecule has 3 nitrogen and oxygen atoms in total. The Hall–Kier alpha value is -2.37. The molecule has 3 rings (SSSR count). The molecule has 0 N–H and O–H groups in total. The van der Waals surface area contributed by atoms with Crippen molar-refractivity contribution in [3.05, 3.63) is 65.5 Å². The van der Waals surface area contributed by atoms with Crippen molar-refractivity contribution < 1.29 is 17.9 Å². The summed E-state index contributed by atoms with van der Waals surface area (Å²) in [5.41, 5.74) is 0.519. The van der Waals surface area contributed by atoms with Gasteiger partial charge in [0.05, 0.1) is 5.56 Å². The van der Waals surface area contributed by atoms with E-state index in [4.69, 9.17) is 4.74 Å². The van der Waals surface area contributed by atoms with Gasteiger partial charge in [-0.2, -0.15) is 13.2 Å². The third-order valence-corrected chi connectivity index (χ3v) is 3.15. The fraction of sp³-hybridized carbons (Fsp3) is 0.200. The van der Waals surface area contributed by atoms with Crippen LogP contribution in [0.25, 0.3) is 0 Å². The number of benzene rings is 1. The van der Waals surface area contributed by atoms with E-state index in [-0.39, 0.29) is 11.9 Å². The SMILES string of the molecule is FC(F)(F)c1ccc(C2=N[C@H](c3ccccc3)CO2)nc1. The van der Waals surface area contributed by atoms with Crippen molar-refractivity contribution in [2.45, 2.75) is 12.2 Å². The van der Waals surface area contributed by atoms with Crippen LogP contribution in [0.3, 0.4) is 0 Å². The van der Waals surface area contributed by atoms with Crippen LogP contribution in [0.5, 0.6) is 0 Å². The lowest BCUT2D eigenvalue weighted by atomic mass is 10.1. The zero-order valence-electron chi connectivity index (χ0n) is 10.8. The van der Waals surface area contributed by atoms with Crippen molar-refractivity contribution in [1.82, 2.24) is 4.98 Å². The maximum Gasteiger partial charge on any atom is 0.417 e. The number of pyridine rings is 1. The standard InChI is InChI=1S/C15H11F3N2O/c16-15(17,18)11-6-7-12(19-8-11)14-20-13(9-21-14)10-4-2-1-3-5-10/h1-8,13H,9H2/t13-/m0/s1. The van der Waals surface area contributed by atoms with Gasteiger partial charge < -0.3 is 4.74 Å². The Labute approximate surface area is 119 Å². The molecule has 0 radical (unpaired) electrons. The van der Waals surface area contributed by atoms with Gasteiger partial charge in [0, 0.05) is 6.20 Å². The van der Waals surface area contributed by atoms with E-state index in [0.29, 0.717) is 12.3 Å². The van der Waals surface area contributed by atoms with Gasteiger partial charge in [0.15, 0.2) is 0 Å². The average Bonchev–Trinajstić information content (AvgIpc) is 2.97. The first kappa shape index (κ1) is 13.6. The molecule has 0 fully saturated rings. The van der Waals surface area contributed by atoms with Crippen LogP contribution in [0.4, 0.5) is 13.2 Å². The van der Waals surface area contributed by atoms with Gasteiger partial charge in [-0.3, -0.25) is 4.98 Å². The molecule has 108 valence electrons. The lowest BCUT2D eigenvalue weighted by Crippen LogP contribution is -2.08. The molecule has 1 aliphatic heterocycles. The Bertz CT molecular complexity index is 651. The molecule has 0 amide bonds. The molecule has 21 heavy (non-hydrogen) atoms. The first-order chi connectivity index (χ1) is 10.0. The Balaban J connectivity index is 1.82. The number of ether oxygens (including phenoxy) is 1. The summed E-state index contributed by atoms with van der Waals surface area (Å²) in [6, 6.07) is 11.7. The van der Waals surface area contributed by atoms with Crippen LogP contribution in [0.2, 0.25) is 0 Å². The quantitative estimate of drug-likeness (QED) is 0.847. The molecule has 0 unspecified atom stereocenters. The van der Waals surface area contributed by atoms with Crippen LogP contribution in [-0.4, -0.2) is 17.5 Å². The lowest BCUT2D eigenvalue weighted by Gasteiger charge is -2.06. The van der Waals surface area contributed by atoms with Gasteiger partial charge in [0.2, 0.25) is 5.90 Å². The van der Waals surface area contributed by atoms with Gasteiger partial charge in [0.25, 0.3) is 0 Å². The third kappa shape index (κ3) is 2.89. The molecule has 0 spiro atoms. The third-order valence-electron chi connectivity index (χ3n) is 3.15. The minimum Gasteiger partial charge on any atom is -0.474 e. The van der Waals surface area contributed by atoms with E-state index in [9.17, 15) is 13.2 Å². The second-order valence-electron chi connectivity index (χ2n) is 4.60. The molecule has 1 atom stereocenters. The number of nitrogens with zero attached hydrogens (tertiary/aromatic N) is 2. The Morgan fingerprint density at radius 3 is 2.43 bits per heavy atom. The fourth-order valence-corrected chi connectivity index (χ4v) is 2.05. The maximum absolute atomic E-state index is 12.5. The summed E-state index contributed by atoms with van der Waals surface area (Å²) in [6.07, 6.45) is -3.60. The average molecular weight is 292 g/mol. The molecule has 0 bridgehead atoms. The van der Waals surface area contributed by atoms with Crippen LogP contribution in [0, 0.1) is 0 Å². The van der Waals surface area contributed by atoms with Crippen molar-refractivity contribution in [1.29, 1.82) is 0 Å². The Kier molecular flexibility index (Phi) is 3.37. The smallest absolute Gasteiger partial charge is 0.417 e. The number of alkyl halides is 3. The maximum atomic E-state index is 12.5. The summed E-state index contributed by atoms with van der Waals surface area (Å²) < 4.78 is 42.9. The van der Waals surface area contributed by atoms with E-state index >= 15 is 0 Å². The minimum absolute atomic E-state index is 0.148. The molecule has 2 aromatic rings. The van der Waals surface area contributed by atoms with Gasteiger partial charge in [-0.1, -0.05) is 30.3 Å². The van der Waals surface area contributed by atoms with E-state index < -0.39 is 11.7 Å². The molecule has 6 heteroatoms. The van der Waals surface area contributed by atoms with Crippen LogP contribution in [0.1, 0.15) is 22.9 Å². The second-order valence-corrected chi connectivity index (χ2v) is 4.60. The zero-order valence-corrected chi connectivity index (χ0v) is 10.8. The van der Waals surface area contributed by atoms with E-state index in [1.54, 1.807) is 0 Å². The van der Waals surface area contributed by atoms with E-state index in [2.05, 4.69) is 9.98 Å². The summed E-state index contributed by atoms with van der Waals surface area (Å²) >= 11 is 0. The normalized spacial score (nSPS) is 18.2. The Morgan fingerprint density at radius 2 is 1.81 bits per heavy atom. The van der Waals surface area contributed by atoms with Gasteiger partial charge in [-0.15, -0.1) is 0 Å². The molecular formula is C15H11F3N2O. The van der Waals surface area contributed by atoms with Crippen molar-refractivity contribution in [2.75, 3.05) is 6.61 Å². The molecule has 1 aromatic heterocycles. The summed E-state index contributed by atoms with van der Waals surface area (Å²) in [7, 11) is 0. The summed E-state index contributed by atoms with van der Waals surface area (Å²) in [5.74, 6) is 0.276. The first-order valence-electron chi connectivity index (χ1n) is 6.33. The topological polar surface area (TPSA) is 34.5 Å². The molecule has 1 aromatic carbocycles. The molecule has 0 saturated heterocycles. The monoisotopic (exact) mass is 292 g/mol. The van der Waals surface area contributed by atoms with Crippen LogP contribution in [0.15, 0.2) is 53.7 Å². The molecule has 1 aliphatic rings. The summed E-state index contributed by atoms with van der Waals surface area (Å²) in [4.78, 5) is 8.15.